The van der Waals surface area contributed by atoms with Crippen LogP contribution in [-0.4, -0.2) is 6.26 Å². The average molecular weight is 531 g/mol. The number of benzene rings is 6. The summed E-state index contributed by atoms with van der Waals surface area (Å²) in [5.41, 5.74) is 1.03. The van der Waals surface area contributed by atoms with E-state index < -0.39 is 39.9 Å². The molecular weight excluding hydrogens is 511 g/mol. The quantitative estimate of drug-likeness (QED) is 0.0946. The van der Waals surface area contributed by atoms with Crippen LogP contribution in [0.1, 0.15) is 16.4 Å². The Bertz CT molecular complexity index is 1850. The third kappa shape index (κ3) is 3.91. The molecule has 0 nitrogen and oxygen atoms in total. The number of halogens is 5. The zero-order valence-corrected chi connectivity index (χ0v) is 20.9. The third-order valence-corrected chi connectivity index (χ3v) is 7.92. The first-order chi connectivity index (χ1) is 18.4. The minimum atomic E-state index is -2.16. The van der Waals surface area contributed by atoms with Crippen LogP contribution in [0.15, 0.2) is 91.0 Å². The second-order valence-electron chi connectivity index (χ2n) is 9.15. The molecule has 0 heterocycles. The summed E-state index contributed by atoms with van der Waals surface area (Å²) in [5, 5.41) is 5.34. The molecular formula is C32H19F5S. The number of hydrogen-bond acceptors (Lipinski definition) is 1. The molecule has 0 radical (unpaired) electrons. The number of thioether (sulfide) groups is 1. The summed E-state index contributed by atoms with van der Waals surface area (Å²) in [4.78, 5) is 0. The highest BCUT2D eigenvalue weighted by Gasteiger charge is 2.32. The van der Waals surface area contributed by atoms with Gasteiger partial charge in [-0.1, -0.05) is 60.7 Å². The molecule has 0 saturated heterocycles. The molecule has 1 unspecified atom stereocenters. The fraction of sp³-hybridized carbons (Fsp3) is 0.0625. The van der Waals surface area contributed by atoms with Crippen LogP contribution in [0, 0.1) is 29.1 Å². The van der Waals surface area contributed by atoms with Gasteiger partial charge >= 0.3 is 0 Å². The third-order valence-electron chi connectivity index (χ3n) is 6.96. The summed E-state index contributed by atoms with van der Waals surface area (Å²) < 4.78 is 71.4. The largest absolute Gasteiger partial charge is 0.203 e. The summed E-state index contributed by atoms with van der Waals surface area (Å²) in [6.45, 7) is 0. The summed E-state index contributed by atoms with van der Waals surface area (Å²) in [5.74, 6) is -9.67. The summed E-state index contributed by atoms with van der Waals surface area (Å²) >= 11 is 1.01. The van der Waals surface area contributed by atoms with Crippen LogP contribution in [0.2, 0.25) is 0 Å². The van der Waals surface area contributed by atoms with Gasteiger partial charge in [0, 0.05) is 5.56 Å². The van der Waals surface area contributed by atoms with Crippen LogP contribution in [0.4, 0.5) is 22.0 Å². The fourth-order valence-electron chi connectivity index (χ4n) is 5.10. The van der Waals surface area contributed by atoms with E-state index in [1.165, 1.54) is 0 Å². The molecule has 0 bridgehead atoms. The van der Waals surface area contributed by atoms with Gasteiger partial charge in [-0.15, -0.1) is 0 Å². The molecule has 0 aliphatic carbocycles. The molecule has 6 heteroatoms. The van der Waals surface area contributed by atoms with Crippen LogP contribution in [0.25, 0.3) is 43.4 Å². The highest BCUT2D eigenvalue weighted by molar-refractivity contribution is 7.99. The minimum absolute atomic E-state index is 0.453. The molecule has 1 atom stereocenters. The van der Waals surface area contributed by atoms with Crippen molar-refractivity contribution in [1.82, 2.24) is 0 Å². The van der Waals surface area contributed by atoms with Gasteiger partial charge in [-0.2, -0.15) is 11.8 Å². The van der Waals surface area contributed by atoms with Gasteiger partial charge in [0.2, 0.25) is 5.82 Å². The minimum Gasteiger partial charge on any atom is -0.203 e. The Morgan fingerprint density at radius 1 is 0.500 bits per heavy atom. The topological polar surface area (TPSA) is 0 Å². The van der Waals surface area contributed by atoms with Gasteiger partial charge in [0.05, 0.1) is 5.25 Å². The van der Waals surface area contributed by atoms with Crippen molar-refractivity contribution < 1.29 is 22.0 Å². The van der Waals surface area contributed by atoms with Crippen LogP contribution >= 0.6 is 11.8 Å². The van der Waals surface area contributed by atoms with Crippen LogP contribution in [0.5, 0.6) is 0 Å². The zero-order chi connectivity index (χ0) is 26.6. The van der Waals surface area contributed by atoms with E-state index >= 15 is 0 Å². The normalized spacial score (nSPS) is 12.5. The van der Waals surface area contributed by atoms with E-state index in [0.717, 1.165) is 49.6 Å². The lowest BCUT2D eigenvalue weighted by Gasteiger charge is -2.21. The monoisotopic (exact) mass is 530 g/mol. The van der Waals surface area contributed by atoms with E-state index in [1.807, 2.05) is 30.3 Å². The first kappa shape index (κ1) is 24.4. The number of fused-ring (bicyclic) bond motifs is 3. The Kier molecular flexibility index (Phi) is 6.07. The summed E-state index contributed by atoms with van der Waals surface area (Å²) in [7, 11) is 0. The molecule has 38 heavy (non-hydrogen) atoms. The molecule has 6 aromatic rings. The summed E-state index contributed by atoms with van der Waals surface area (Å²) in [6.07, 6.45) is 1.58. The molecule has 0 amide bonds. The first-order valence-corrected chi connectivity index (χ1v) is 13.2. The van der Waals surface area contributed by atoms with Crippen molar-refractivity contribution >= 4 is 44.1 Å². The predicted octanol–water partition coefficient (Wildman–Crippen LogP) is 9.96. The number of hydrogen-bond donors (Lipinski definition) is 0. The smallest absolute Gasteiger partial charge is 0.200 e. The van der Waals surface area contributed by atoms with E-state index in [1.54, 1.807) is 30.5 Å². The highest BCUT2D eigenvalue weighted by atomic mass is 32.2. The zero-order valence-electron chi connectivity index (χ0n) is 20.0. The molecule has 0 aliphatic rings. The molecule has 0 fully saturated rings. The molecule has 0 spiro atoms. The SMILES string of the molecule is CSC(c1ccccc1-c1ccc2cc3cc4ccccc4cc3cc2c1)c1c(F)c(F)c(F)c(F)c1F. The molecule has 0 N–H and O–H groups in total. The van der Waals surface area contributed by atoms with Gasteiger partial charge in [0.1, 0.15) is 0 Å². The van der Waals surface area contributed by atoms with Crippen molar-refractivity contribution in [3.63, 3.8) is 0 Å². The van der Waals surface area contributed by atoms with E-state index in [4.69, 9.17) is 0 Å². The van der Waals surface area contributed by atoms with E-state index in [-0.39, 0.29) is 0 Å². The van der Waals surface area contributed by atoms with E-state index in [2.05, 4.69) is 36.4 Å². The van der Waals surface area contributed by atoms with Crippen LogP contribution in [-0.2, 0) is 0 Å². The molecule has 0 aliphatic heterocycles. The molecule has 188 valence electrons. The average Bonchev–Trinajstić information content (AvgIpc) is 2.95. The van der Waals surface area contributed by atoms with Crippen molar-refractivity contribution in [1.29, 1.82) is 0 Å². The maximum atomic E-state index is 14.8. The maximum absolute atomic E-state index is 14.8. The Morgan fingerprint density at radius 2 is 0.974 bits per heavy atom. The lowest BCUT2D eigenvalue weighted by atomic mass is 9.92. The van der Waals surface area contributed by atoms with Gasteiger partial charge in [0.15, 0.2) is 23.3 Å². The molecule has 6 aromatic carbocycles. The van der Waals surface area contributed by atoms with E-state index in [0.29, 0.717) is 11.1 Å². The van der Waals surface area contributed by atoms with Gasteiger partial charge < -0.3 is 0 Å². The molecule has 6 rings (SSSR count). The second-order valence-corrected chi connectivity index (χ2v) is 10.1. The molecule has 0 aromatic heterocycles. The Hall–Kier alpha value is -3.90. The molecule has 0 saturated carbocycles. The van der Waals surface area contributed by atoms with Crippen LogP contribution in [0.3, 0.4) is 0 Å². The highest BCUT2D eigenvalue weighted by Crippen LogP contribution is 2.43. The van der Waals surface area contributed by atoms with Crippen molar-refractivity contribution in [2.45, 2.75) is 5.25 Å². The Labute approximate surface area is 219 Å². The van der Waals surface area contributed by atoms with Crippen molar-refractivity contribution in [3.8, 4) is 11.1 Å². The van der Waals surface area contributed by atoms with Crippen molar-refractivity contribution in [2.24, 2.45) is 0 Å². The van der Waals surface area contributed by atoms with Crippen LogP contribution < -0.4 is 0 Å². The fourth-order valence-corrected chi connectivity index (χ4v) is 6.00. The standard InChI is InChI=1S/C32H19F5S/c1-38-32(26-27(33)29(35)31(37)30(36)28(26)34)25-9-5-4-8-24(25)20-11-10-19-14-22-12-17-6-2-3-7-18(17)13-23(22)16-21(19)15-20/h2-16,32H,1H3. The second kappa shape index (κ2) is 9.44. The lowest BCUT2D eigenvalue weighted by molar-refractivity contribution is 0.371. The lowest BCUT2D eigenvalue weighted by Crippen LogP contribution is -2.11. The summed E-state index contributed by atoms with van der Waals surface area (Å²) in [6, 6.07) is 29.4. The van der Waals surface area contributed by atoms with Gasteiger partial charge in [-0.05, 0) is 85.6 Å². The first-order valence-electron chi connectivity index (χ1n) is 11.9. The van der Waals surface area contributed by atoms with E-state index in [9.17, 15) is 22.0 Å². The Morgan fingerprint density at radius 3 is 1.58 bits per heavy atom. The Balaban J connectivity index is 1.52. The predicted molar refractivity (Wildman–Crippen MR) is 146 cm³/mol. The van der Waals surface area contributed by atoms with Crippen molar-refractivity contribution in [3.05, 3.63) is 131 Å². The number of rotatable bonds is 4. The van der Waals surface area contributed by atoms with Gasteiger partial charge in [0.25, 0.3) is 0 Å². The van der Waals surface area contributed by atoms with Gasteiger partial charge in [-0.3, -0.25) is 0 Å². The van der Waals surface area contributed by atoms with Gasteiger partial charge in [-0.25, -0.2) is 22.0 Å². The maximum Gasteiger partial charge on any atom is 0.200 e. The van der Waals surface area contributed by atoms with Crippen molar-refractivity contribution in [2.75, 3.05) is 6.26 Å².